The van der Waals surface area contributed by atoms with Crippen LogP contribution in [0.5, 0.6) is 11.5 Å². The van der Waals surface area contributed by atoms with Crippen molar-refractivity contribution >= 4 is 6.03 Å². The molecule has 0 aliphatic carbocycles. The predicted octanol–water partition coefficient (Wildman–Crippen LogP) is 3.86. The SMILES string of the molecule is COc1ccc(OC)c([C@@H]2c3cccn3CCN2C(=O)NCCc2ccccc2)c1. The zero-order chi connectivity index (χ0) is 20.9. The molecule has 0 fully saturated rings. The van der Waals surface area contributed by atoms with E-state index in [2.05, 4.69) is 34.3 Å². The summed E-state index contributed by atoms with van der Waals surface area (Å²) in [6.07, 6.45) is 2.85. The van der Waals surface area contributed by atoms with Crippen LogP contribution in [0.3, 0.4) is 0 Å². The van der Waals surface area contributed by atoms with E-state index in [1.165, 1.54) is 5.56 Å². The van der Waals surface area contributed by atoms with Crippen LogP contribution >= 0.6 is 0 Å². The lowest BCUT2D eigenvalue weighted by Crippen LogP contribution is -2.47. The van der Waals surface area contributed by atoms with E-state index in [0.29, 0.717) is 13.1 Å². The first-order chi connectivity index (χ1) is 14.7. The molecule has 0 saturated carbocycles. The first-order valence-electron chi connectivity index (χ1n) is 10.2. The molecule has 0 radical (unpaired) electrons. The third-order valence-electron chi connectivity index (χ3n) is 5.56. The number of benzene rings is 2. The van der Waals surface area contributed by atoms with Gasteiger partial charge in [0, 0.05) is 37.1 Å². The zero-order valence-corrected chi connectivity index (χ0v) is 17.4. The van der Waals surface area contributed by atoms with E-state index in [-0.39, 0.29) is 12.1 Å². The van der Waals surface area contributed by atoms with Crippen molar-refractivity contribution in [2.24, 2.45) is 0 Å². The van der Waals surface area contributed by atoms with E-state index in [9.17, 15) is 4.79 Å². The first-order valence-corrected chi connectivity index (χ1v) is 10.2. The van der Waals surface area contributed by atoms with Crippen LogP contribution in [-0.2, 0) is 13.0 Å². The van der Waals surface area contributed by atoms with Gasteiger partial charge in [0.2, 0.25) is 0 Å². The number of amides is 2. The molecular weight excluding hydrogens is 378 g/mol. The zero-order valence-electron chi connectivity index (χ0n) is 17.4. The van der Waals surface area contributed by atoms with Gasteiger partial charge in [-0.2, -0.15) is 0 Å². The van der Waals surface area contributed by atoms with E-state index >= 15 is 0 Å². The summed E-state index contributed by atoms with van der Waals surface area (Å²) in [5.74, 6) is 1.47. The summed E-state index contributed by atoms with van der Waals surface area (Å²) >= 11 is 0. The fraction of sp³-hybridized carbons (Fsp3) is 0.292. The number of nitrogens with zero attached hydrogens (tertiary/aromatic N) is 2. The molecule has 156 valence electrons. The van der Waals surface area contributed by atoms with Gasteiger partial charge in [0.25, 0.3) is 0 Å². The summed E-state index contributed by atoms with van der Waals surface area (Å²) in [5.41, 5.74) is 3.18. The van der Waals surface area contributed by atoms with Gasteiger partial charge in [-0.1, -0.05) is 30.3 Å². The number of hydrogen-bond acceptors (Lipinski definition) is 3. The van der Waals surface area contributed by atoms with Crippen LogP contribution in [0.15, 0.2) is 66.9 Å². The maximum absolute atomic E-state index is 13.2. The molecule has 6 heteroatoms. The molecule has 1 aliphatic rings. The summed E-state index contributed by atoms with van der Waals surface area (Å²) in [4.78, 5) is 15.1. The third-order valence-corrected chi connectivity index (χ3v) is 5.56. The lowest BCUT2D eigenvalue weighted by Gasteiger charge is -2.37. The third kappa shape index (κ3) is 3.99. The number of ether oxygens (including phenoxy) is 2. The Kier molecular flexibility index (Phi) is 5.93. The number of carbonyl (C=O) groups is 1. The Labute approximate surface area is 177 Å². The van der Waals surface area contributed by atoms with Crippen molar-refractivity contribution in [2.45, 2.75) is 19.0 Å². The van der Waals surface area contributed by atoms with Crippen molar-refractivity contribution in [1.29, 1.82) is 0 Å². The van der Waals surface area contributed by atoms with E-state index < -0.39 is 0 Å². The molecule has 2 heterocycles. The summed E-state index contributed by atoms with van der Waals surface area (Å²) in [6, 6.07) is 19.6. The molecule has 6 nitrogen and oxygen atoms in total. The maximum Gasteiger partial charge on any atom is 0.318 e. The van der Waals surface area contributed by atoms with E-state index in [1.54, 1.807) is 14.2 Å². The summed E-state index contributed by atoms with van der Waals surface area (Å²) < 4.78 is 13.3. The van der Waals surface area contributed by atoms with Gasteiger partial charge >= 0.3 is 6.03 Å². The van der Waals surface area contributed by atoms with E-state index in [4.69, 9.17) is 9.47 Å². The van der Waals surface area contributed by atoms with Gasteiger partial charge in [-0.15, -0.1) is 0 Å². The Morgan fingerprint density at radius 3 is 2.63 bits per heavy atom. The number of urea groups is 1. The predicted molar refractivity (Wildman–Crippen MR) is 116 cm³/mol. The molecule has 2 aromatic carbocycles. The number of methoxy groups -OCH3 is 2. The molecule has 1 aliphatic heterocycles. The molecule has 4 rings (SSSR count). The second-order valence-corrected chi connectivity index (χ2v) is 7.30. The second-order valence-electron chi connectivity index (χ2n) is 7.30. The highest BCUT2D eigenvalue weighted by atomic mass is 16.5. The Morgan fingerprint density at radius 2 is 1.87 bits per heavy atom. The molecule has 1 aromatic heterocycles. The summed E-state index contributed by atoms with van der Waals surface area (Å²) in [6.45, 7) is 1.96. The van der Waals surface area contributed by atoms with Gasteiger partial charge in [-0.25, -0.2) is 4.79 Å². The van der Waals surface area contributed by atoms with Crippen LogP contribution in [-0.4, -0.2) is 42.8 Å². The van der Waals surface area contributed by atoms with Crippen molar-refractivity contribution in [2.75, 3.05) is 27.3 Å². The standard InChI is InChI=1S/C24H27N3O3/c1-29-19-10-11-22(30-2)20(17-19)23-21-9-6-14-26(21)15-16-27(23)24(28)25-13-12-18-7-4-3-5-8-18/h3-11,14,17,23H,12-13,15-16H2,1-2H3,(H,25,28)/t23-/m1/s1. The minimum atomic E-state index is -0.254. The van der Waals surface area contributed by atoms with Crippen molar-refractivity contribution in [1.82, 2.24) is 14.8 Å². The van der Waals surface area contributed by atoms with Gasteiger partial charge in [-0.05, 0) is 42.3 Å². The number of carbonyl (C=O) groups excluding carboxylic acids is 1. The minimum Gasteiger partial charge on any atom is -0.497 e. The summed E-state index contributed by atoms with van der Waals surface area (Å²) in [7, 11) is 3.29. The quantitative estimate of drug-likeness (QED) is 0.678. The molecule has 1 N–H and O–H groups in total. The lowest BCUT2D eigenvalue weighted by molar-refractivity contribution is 0.167. The molecule has 30 heavy (non-hydrogen) atoms. The maximum atomic E-state index is 13.2. The molecule has 0 saturated heterocycles. The number of aromatic nitrogens is 1. The Bertz CT molecular complexity index is 1000. The Hall–Kier alpha value is -3.41. The largest absolute Gasteiger partial charge is 0.497 e. The van der Waals surface area contributed by atoms with Gasteiger partial charge < -0.3 is 24.3 Å². The summed E-state index contributed by atoms with van der Waals surface area (Å²) in [5, 5.41) is 3.10. The van der Waals surface area contributed by atoms with Crippen LogP contribution < -0.4 is 14.8 Å². The van der Waals surface area contributed by atoms with Gasteiger partial charge in [0.15, 0.2) is 0 Å². The molecular formula is C24H27N3O3. The highest BCUT2D eigenvalue weighted by Crippen LogP contribution is 2.39. The molecule has 0 spiro atoms. The molecule has 0 unspecified atom stereocenters. The van der Waals surface area contributed by atoms with Gasteiger partial charge in [-0.3, -0.25) is 0 Å². The number of hydrogen-bond donors (Lipinski definition) is 1. The van der Waals surface area contributed by atoms with E-state index in [1.807, 2.05) is 47.4 Å². The normalized spacial score (nSPS) is 15.4. The smallest absolute Gasteiger partial charge is 0.318 e. The molecule has 3 aromatic rings. The van der Waals surface area contributed by atoms with Crippen LogP contribution in [0, 0.1) is 0 Å². The monoisotopic (exact) mass is 405 g/mol. The van der Waals surface area contributed by atoms with Crippen LogP contribution in [0.1, 0.15) is 22.9 Å². The number of nitrogens with one attached hydrogen (secondary N) is 1. The number of rotatable bonds is 6. The second kappa shape index (κ2) is 8.95. The number of fused-ring (bicyclic) bond motifs is 1. The van der Waals surface area contributed by atoms with Crippen molar-refractivity contribution < 1.29 is 14.3 Å². The average Bonchev–Trinajstić information content (AvgIpc) is 3.27. The van der Waals surface area contributed by atoms with Crippen molar-refractivity contribution in [3.8, 4) is 11.5 Å². The highest BCUT2D eigenvalue weighted by Gasteiger charge is 2.34. The fourth-order valence-electron chi connectivity index (χ4n) is 4.04. The van der Waals surface area contributed by atoms with Crippen LogP contribution in [0.4, 0.5) is 4.79 Å². The van der Waals surface area contributed by atoms with Crippen LogP contribution in [0.2, 0.25) is 0 Å². The first kappa shape index (κ1) is 19.9. The lowest BCUT2D eigenvalue weighted by atomic mass is 9.98. The van der Waals surface area contributed by atoms with Crippen molar-refractivity contribution in [3.05, 3.63) is 83.7 Å². The topological polar surface area (TPSA) is 55.7 Å². The van der Waals surface area contributed by atoms with Gasteiger partial charge in [0.05, 0.1) is 14.2 Å². The molecule has 1 atom stereocenters. The van der Waals surface area contributed by atoms with Gasteiger partial charge in [0.1, 0.15) is 17.5 Å². The Balaban J connectivity index is 1.60. The average molecular weight is 405 g/mol. The highest BCUT2D eigenvalue weighted by molar-refractivity contribution is 5.76. The fourth-order valence-corrected chi connectivity index (χ4v) is 4.04. The molecule has 0 bridgehead atoms. The van der Waals surface area contributed by atoms with Crippen molar-refractivity contribution in [3.63, 3.8) is 0 Å². The van der Waals surface area contributed by atoms with E-state index in [0.717, 1.165) is 35.7 Å². The van der Waals surface area contributed by atoms with Crippen LogP contribution in [0.25, 0.3) is 0 Å². The molecule has 2 amide bonds. The Morgan fingerprint density at radius 1 is 1.03 bits per heavy atom. The minimum absolute atomic E-state index is 0.0757.